The van der Waals surface area contributed by atoms with Gasteiger partial charge in [0.1, 0.15) is 36.0 Å². The molecule has 1 aliphatic rings. The van der Waals surface area contributed by atoms with Crippen LogP contribution in [-0.2, 0) is 27.0 Å². The van der Waals surface area contributed by atoms with E-state index in [2.05, 4.69) is 15.7 Å². The molecule has 39 heavy (non-hydrogen) atoms. The lowest BCUT2D eigenvalue weighted by Crippen LogP contribution is -2.41. The monoisotopic (exact) mass is 569 g/mol. The molecule has 2 aromatic carbocycles. The highest BCUT2D eigenvalue weighted by Crippen LogP contribution is 2.34. The SMILES string of the molecule is CSCCC(NC(=O)c1ccc(COCc2ccc(C3CCCCC3)o2)cc1-c1ccccc1C)C(=O)OCl. The molecule has 0 aliphatic heterocycles. The van der Waals surface area contributed by atoms with E-state index in [-0.39, 0.29) is 5.91 Å². The molecule has 0 radical (unpaired) electrons. The van der Waals surface area contributed by atoms with Gasteiger partial charge < -0.3 is 18.8 Å². The topological polar surface area (TPSA) is 77.8 Å². The minimum absolute atomic E-state index is 0.361. The number of benzene rings is 2. The maximum Gasteiger partial charge on any atom is 0.346 e. The minimum Gasteiger partial charge on any atom is -0.463 e. The Labute approximate surface area is 240 Å². The van der Waals surface area contributed by atoms with Gasteiger partial charge in [-0.2, -0.15) is 11.8 Å². The van der Waals surface area contributed by atoms with Crippen LogP contribution in [-0.4, -0.2) is 29.9 Å². The van der Waals surface area contributed by atoms with Gasteiger partial charge >= 0.3 is 5.97 Å². The number of halogens is 1. The molecule has 1 amide bonds. The highest BCUT2D eigenvalue weighted by molar-refractivity contribution is 7.98. The van der Waals surface area contributed by atoms with Crippen molar-refractivity contribution in [2.75, 3.05) is 12.0 Å². The number of hydrogen-bond donors (Lipinski definition) is 1. The largest absolute Gasteiger partial charge is 0.463 e. The van der Waals surface area contributed by atoms with Crippen LogP contribution in [0.4, 0.5) is 0 Å². The fraction of sp³-hybridized carbons (Fsp3) is 0.419. The first-order valence-corrected chi connectivity index (χ1v) is 15.2. The molecule has 0 bridgehead atoms. The molecule has 1 N–H and O–H groups in total. The molecule has 208 valence electrons. The summed E-state index contributed by atoms with van der Waals surface area (Å²) in [6, 6.07) is 16.8. The molecule has 1 atom stereocenters. The normalized spacial score (nSPS) is 14.6. The van der Waals surface area contributed by atoms with E-state index in [1.807, 2.05) is 55.6 Å². The van der Waals surface area contributed by atoms with E-state index >= 15 is 0 Å². The molecule has 0 saturated heterocycles. The number of amides is 1. The Balaban J connectivity index is 1.49. The van der Waals surface area contributed by atoms with Gasteiger partial charge in [0.25, 0.3) is 5.91 Å². The summed E-state index contributed by atoms with van der Waals surface area (Å²) < 4.78 is 16.5. The second kappa shape index (κ2) is 14.6. The molecular formula is C31H36ClNO5S. The molecule has 1 unspecified atom stereocenters. The van der Waals surface area contributed by atoms with Crippen LogP contribution >= 0.6 is 23.6 Å². The Morgan fingerprint density at radius 3 is 2.59 bits per heavy atom. The number of carbonyl (C=O) groups is 2. The molecule has 6 nitrogen and oxygen atoms in total. The third-order valence-corrected chi connectivity index (χ3v) is 8.04. The Hall–Kier alpha value is -2.74. The molecule has 1 heterocycles. The van der Waals surface area contributed by atoms with Crippen LogP contribution in [0, 0.1) is 6.92 Å². The number of aryl methyl sites for hydroxylation is 1. The van der Waals surface area contributed by atoms with Crippen molar-refractivity contribution in [2.45, 2.75) is 70.6 Å². The molecule has 1 fully saturated rings. The van der Waals surface area contributed by atoms with Gasteiger partial charge in [0.2, 0.25) is 0 Å². The van der Waals surface area contributed by atoms with Crippen LogP contribution in [0.15, 0.2) is 59.0 Å². The number of rotatable bonds is 12. The van der Waals surface area contributed by atoms with Crippen molar-refractivity contribution in [2.24, 2.45) is 0 Å². The van der Waals surface area contributed by atoms with Crippen molar-refractivity contribution in [1.29, 1.82) is 0 Å². The molecule has 0 spiro atoms. The van der Waals surface area contributed by atoms with Crippen LogP contribution in [0.3, 0.4) is 0 Å². The van der Waals surface area contributed by atoms with Gasteiger partial charge in [-0.3, -0.25) is 4.79 Å². The highest BCUT2D eigenvalue weighted by Gasteiger charge is 2.25. The van der Waals surface area contributed by atoms with Crippen molar-refractivity contribution in [3.63, 3.8) is 0 Å². The summed E-state index contributed by atoms with van der Waals surface area (Å²) in [6.45, 7) is 2.76. The fourth-order valence-corrected chi connectivity index (χ4v) is 5.68. The van der Waals surface area contributed by atoms with E-state index in [0.29, 0.717) is 36.9 Å². The van der Waals surface area contributed by atoms with E-state index in [0.717, 1.165) is 33.8 Å². The molecule has 1 saturated carbocycles. The molecule has 3 aromatic rings. The van der Waals surface area contributed by atoms with Crippen LogP contribution in [0.5, 0.6) is 0 Å². The van der Waals surface area contributed by atoms with Gasteiger partial charge in [0.15, 0.2) is 0 Å². The van der Waals surface area contributed by atoms with Gasteiger partial charge in [-0.05, 0) is 84.7 Å². The quantitative estimate of drug-likeness (QED) is 0.242. The molecule has 8 heteroatoms. The third kappa shape index (κ3) is 7.90. The maximum absolute atomic E-state index is 13.4. The number of furan rings is 1. The second-order valence-electron chi connectivity index (χ2n) is 10.0. The van der Waals surface area contributed by atoms with E-state index in [1.165, 1.54) is 32.1 Å². The maximum atomic E-state index is 13.4. The summed E-state index contributed by atoms with van der Waals surface area (Å²) in [5.74, 6) is 2.06. The Morgan fingerprint density at radius 2 is 1.85 bits per heavy atom. The zero-order chi connectivity index (χ0) is 27.6. The van der Waals surface area contributed by atoms with Crippen LogP contribution in [0.25, 0.3) is 11.1 Å². The predicted octanol–water partition coefficient (Wildman–Crippen LogP) is 7.57. The number of nitrogens with one attached hydrogen (secondary N) is 1. The first-order chi connectivity index (χ1) is 19.0. The summed E-state index contributed by atoms with van der Waals surface area (Å²) in [6.07, 6.45) is 8.59. The van der Waals surface area contributed by atoms with Gasteiger partial charge in [0, 0.05) is 11.5 Å². The lowest BCUT2D eigenvalue weighted by Gasteiger charge is -2.19. The van der Waals surface area contributed by atoms with Crippen molar-refractivity contribution >= 4 is 35.5 Å². The van der Waals surface area contributed by atoms with Crippen LogP contribution in [0.1, 0.15) is 77.4 Å². The van der Waals surface area contributed by atoms with Crippen molar-refractivity contribution in [3.8, 4) is 11.1 Å². The number of ether oxygens (including phenoxy) is 1. The molecule has 4 rings (SSSR count). The molecule has 1 aliphatic carbocycles. The average molecular weight is 570 g/mol. The lowest BCUT2D eigenvalue weighted by molar-refractivity contribution is -0.136. The summed E-state index contributed by atoms with van der Waals surface area (Å²) in [5, 5.41) is 2.81. The number of hydrogen-bond acceptors (Lipinski definition) is 6. The fourth-order valence-electron chi connectivity index (χ4n) is 5.10. The van der Waals surface area contributed by atoms with E-state index in [9.17, 15) is 9.59 Å². The smallest absolute Gasteiger partial charge is 0.346 e. The Kier molecular flexibility index (Phi) is 10.9. The first kappa shape index (κ1) is 29.2. The highest BCUT2D eigenvalue weighted by atomic mass is 35.5. The Bertz CT molecular complexity index is 1250. The summed E-state index contributed by atoms with van der Waals surface area (Å²) in [5.41, 5.74) is 4.14. The van der Waals surface area contributed by atoms with E-state index < -0.39 is 12.0 Å². The van der Waals surface area contributed by atoms with E-state index in [1.54, 1.807) is 17.8 Å². The van der Waals surface area contributed by atoms with E-state index in [4.69, 9.17) is 21.0 Å². The average Bonchev–Trinajstić information content (AvgIpc) is 3.44. The van der Waals surface area contributed by atoms with Gasteiger partial charge in [0.05, 0.1) is 6.61 Å². The zero-order valence-electron chi connectivity index (χ0n) is 22.5. The van der Waals surface area contributed by atoms with Gasteiger partial charge in [-0.15, -0.1) is 0 Å². The summed E-state index contributed by atoms with van der Waals surface area (Å²) in [4.78, 5) is 25.5. The van der Waals surface area contributed by atoms with Crippen LogP contribution in [0.2, 0.25) is 0 Å². The van der Waals surface area contributed by atoms with Gasteiger partial charge in [-0.25, -0.2) is 4.79 Å². The zero-order valence-corrected chi connectivity index (χ0v) is 24.1. The molecule has 1 aromatic heterocycles. The van der Waals surface area contributed by atoms with Crippen LogP contribution < -0.4 is 5.32 Å². The Morgan fingerprint density at radius 1 is 1.05 bits per heavy atom. The third-order valence-electron chi connectivity index (χ3n) is 7.24. The lowest BCUT2D eigenvalue weighted by atomic mass is 9.88. The minimum atomic E-state index is -0.832. The number of carbonyl (C=O) groups excluding carboxylic acids is 2. The number of thioether (sulfide) groups is 1. The second-order valence-corrected chi connectivity index (χ2v) is 11.2. The van der Waals surface area contributed by atoms with Crippen molar-refractivity contribution < 1.29 is 23.0 Å². The van der Waals surface area contributed by atoms with Crippen molar-refractivity contribution in [1.82, 2.24) is 5.32 Å². The van der Waals surface area contributed by atoms with Gasteiger partial charge in [-0.1, -0.05) is 49.6 Å². The molecular weight excluding hydrogens is 534 g/mol. The summed E-state index contributed by atoms with van der Waals surface area (Å²) >= 11 is 6.91. The standard InChI is InChI=1S/C31H36ClNO5S/c1-21-8-6-7-11-25(21)27-18-22(12-14-26(27)30(34)33-28(16-17-39-2)31(35)38-32)19-36-20-24-13-15-29(37-24)23-9-4-3-5-10-23/h6-8,11-15,18,23,28H,3-5,9-10,16-17,19-20H2,1-2H3,(H,33,34). The van der Waals surface area contributed by atoms with Crippen molar-refractivity contribution in [3.05, 3.63) is 82.8 Å². The summed E-state index contributed by atoms with van der Waals surface area (Å²) in [7, 11) is 0. The predicted molar refractivity (Wildman–Crippen MR) is 156 cm³/mol. The first-order valence-electron chi connectivity index (χ1n) is 13.5.